The Hall–Kier alpha value is -5.03. The molecule has 0 bridgehead atoms. The Kier molecular flexibility index (Phi) is 6.24. The number of nitrogens with one attached hydrogen (secondary N) is 1. The summed E-state index contributed by atoms with van der Waals surface area (Å²) in [6, 6.07) is 41.4. The Labute approximate surface area is 222 Å². The average Bonchev–Trinajstić information content (AvgIpc) is 3.01. The smallest absolute Gasteiger partial charge is 0.159 e. The Morgan fingerprint density at radius 1 is 0.711 bits per heavy atom. The summed E-state index contributed by atoms with van der Waals surface area (Å²) >= 11 is 0. The minimum Gasteiger partial charge on any atom is -0.344 e. The van der Waals surface area contributed by atoms with Crippen molar-refractivity contribution in [1.82, 2.24) is 5.32 Å². The summed E-state index contributed by atoms with van der Waals surface area (Å²) < 4.78 is 0. The van der Waals surface area contributed by atoms with Crippen molar-refractivity contribution >= 4 is 28.2 Å². The molecule has 1 unspecified atom stereocenters. The van der Waals surface area contributed by atoms with Crippen molar-refractivity contribution < 1.29 is 0 Å². The molecule has 5 aromatic rings. The number of nitrogens with two attached hydrogens (primary N) is 1. The van der Waals surface area contributed by atoms with Crippen LogP contribution in [0.3, 0.4) is 0 Å². The van der Waals surface area contributed by atoms with Crippen LogP contribution in [0.1, 0.15) is 35.3 Å². The minimum absolute atomic E-state index is 0.272. The molecule has 1 atom stereocenters. The second-order valence-electron chi connectivity index (χ2n) is 9.24. The highest BCUT2D eigenvalue weighted by Gasteiger charge is 2.21. The molecular formula is C33H27N5. The topological polar surface area (TPSA) is 75.1 Å². The summed E-state index contributed by atoms with van der Waals surface area (Å²) in [7, 11) is 0. The van der Waals surface area contributed by atoms with Crippen molar-refractivity contribution in [2.75, 3.05) is 0 Å². The molecule has 184 valence electrons. The molecule has 0 fully saturated rings. The van der Waals surface area contributed by atoms with Crippen LogP contribution >= 0.6 is 0 Å². The Morgan fingerprint density at radius 2 is 1.37 bits per heavy atom. The van der Waals surface area contributed by atoms with E-state index in [2.05, 4.69) is 83.2 Å². The highest BCUT2D eigenvalue weighted by molar-refractivity contribution is 6.13. The average molecular weight is 494 g/mol. The number of benzene rings is 5. The zero-order valence-corrected chi connectivity index (χ0v) is 21.0. The molecule has 0 saturated carbocycles. The van der Waals surface area contributed by atoms with E-state index in [1.165, 1.54) is 10.8 Å². The van der Waals surface area contributed by atoms with Crippen molar-refractivity contribution in [3.8, 4) is 11.1 Å². The van der Waals surface area contributed by atoms with Crippen molar-refractivity contribution in [2.24, 2.45) is 20.9 Å². The predicted molar refractivity (Wildman–Crippen MR) is 158 cm³/mol. The van der Waals surface area contributed by atoms with Gasteiger partial charge in [0.05, 0.1) is 5.71 Å². The van der Waals surface area contributed by atoms with E-state index in [0.717, 1.165) is 44.9 Å². The number of amidine groups is 2. The normalized spacial score (nSPS) is 15.5. The van der Waals surface area contributed by atoms with Gasteiger partial charge in [-0.3, -0.25) is 0 Å². The summed E-state index contributed by atoms with van der Waals surface area (Å²) in [5.74, 6) is 7.21. The van der Waals surface area contributed by atoms with Crippen LogP contribution < -0.4 is 11.2 Å². The van der Waals surface area contributed by atoms with Gasteiger partial charge >= 0.3 is 0 Å². The van der Waals surface area contributed by atoms with Gasteiger partial charge in [0.25, 0.3) is 0 Å². The van der Waals surface area contributed by atoms with Crippen LogP contribution in [0.25, 0.3) is 21.9 Å². The molecule has 0 aliphatic carbocycles. The third kappa shape index (κ3) is 4.46. The Bertz CT molecular complexity index is 1690. The molecule has 6 rings (SSSR count). The summed E-state index contributed by atoms with van der Waals surface area (Å²) in [5, 5.41) is 9.87. The van der Waals surface area contributed by atoms with Crippen LogP contribution in [0.2, 0.25) is 0 Å². The minimum atomic E-state index is -0.272. The SMILES string of the molecule is C/C(=N\N)c1ccc2ccccc2c1-c1ccc(C2N=C(c3ccccc3)N=C(c3ccccc3)N2)cc1. The maximum atomic E-state index is 5.69. The van der Waals surface area contributed by atoms with Gasteiger partial charge in [0.2, 0.25) is 0 Å². The fourth-order valence-corrected chi connectivity index (χ4v) is 4.86. The molecule has 5 nitrogen and oxygen atoms in total. The zero-order chi connectivity index (χ0) is 25.9. The number of fused-ring (bicyclic) bond motifs is 1. The number of hydrazone groups is 1. The lowest BCUT2D eigenvalue weighted by atomic mass is 9.91. The quantitative estimate of drug-likeness (QED) is 0.163. The molecule has 1 heterocycles. The molecule has 3 N–H and O–H groups in total. The standard InChI is InChI=1S/C33H27N5/c1-22(38-34)28-21-20-23-10-8-9-15-29(23)30(28)24-16-18-27(19-17-24)33-36-31(25-11-4-2-5-12-25)35-32(37-33)26-13-6-3-7-14-26/h2-21,33H,34H2,1H3,(H,35,36,37)/b38-22+. The molecule has 0 radical (unpaired) electrons. The van der Waals surface area contributed by atoms with Gasteiger partial charge in [0.1, 0.15) is 12.0 Å². The lowest BCUT2D eigenvalue weighted by Crippen LogP contribution is -2.33. The number of nitrogens with zero attached hydrogens (tertiary/aromatic N) is 3. The largest absolute Gasteiger partial charge is 0.344 e. The van der Waals surface area contributed by atoms with Crippen LogP contribution in [-0.2, 0) is 0 Å². The third-order valence-corrected chi connectivity index (χ3v) is 6.85. The first-order valence-corrected chi connectivity index (χ1v) is 12.6. The zero-order valence-electron chi connectivity index (χ0n) is 21.0. The summed E-state index contributed by atoms with van der Waals surface area (Å²) in [4.78, 5) is 9.86. The summed E-state index contributed by atoms with van der Waals surface area (Å²) in [6.45, 7) is 1.94. The molecule has 1 aliphatic heterocycles. The number of hydrogen-bond donors (Lipinski definition) is 2. The van der Waals surface area contributed by atoms with Gasteiger partial charge in [-0.15, -0.1) is 0 Å². The first kappa shape index (κ1) is 23.4. The highest BCUT2D eigenvalue weighted by Crippen LogP contribution is 2.34. The predicted octanol–water partition coefficient (Wildman–Crippen LogP) is 6.68. The van der Waals surface area contributed by atoms with E-state index in [0.29, 0.717) is 5.84 Å². The second kappa shape index (κ2) is 10.1. The van der Waals surface area contributed by atoms with Crippen LogP contribution in [0.4, 0.5) is 0 Å². The Morgan fingerprint density at radius 3 is 2.08 bits per heavy atom. The van der Waals surface area contributed by atoms with Crippen LogP contribution in [-0.4, -0.2) is 17.4 Å². The monoisotopic (exact) mass is 493 g/mol. The highest BCUT2D eigenvalue weighted by atomic mass is 15.2. The molecular weight excluding hydrogens is 466 g/mol. The van der Waals surface area contributed by atoms with Crippen LogP contribution in [0.5, 0.6) is 0 Å². The maximum absolute atomic E-state index is 5.69. The number of aliphatic imine (C=N–C) groups is 2. The van der Waals surface area contributed by atoms with Crippen LogP contribution in [0, 0.1) is 0 Å². The summed E-state index contributed by atoms with van der Waals surface area (Å²) in [5.41, 5.74) is 7.11. The number of rotatable bonds is 5. The van der Waals surface area contributed by atoms with Crippen molar-refractivity contribution in [3.63, 3.8) is 0 Å². The molecule has 0 saturated heterocycles. The van der Waals surface area contributed by atoms with Crippen LogP contribution in [0.15, 0.2) is 136 Å². The van der Waals surface area contributed by atoms with Gasteiger partial charge < -0.3 is 11.2 Å². The van der Waals surface area contributed by atoms with Gasteiger partial charge in [-0.1, -0.05) is 121 Å². The van der Waals surface area contributed by atoms with E-state index in [1.54, 1.807) is 0 Å². The lowest BCUT2D eigenvalue weighted by molar-refractivity contribution is 0.674. The first-order valence-electron chi connectivity index (χ1n) is 12.6. The van der Waals surface area contributed by atoms with Gasteiger partial charge in [-0.2, -0.15) is 5.10 Å². The van der Waals surface area contributed by atoms with E-state index in [1.807, 2.05) is 55.5 Å². The molecule has 5 heteroatoms. The molecule has 0 aromatic heterocycles. The van der Waals surface area contributed by atoms with Gasteiger partial charge in [-0.05, 0) is 34.4 Å². The Balaban J connectivity index is 1.42. The van der Waals surface area contributed by atoms with Gasteiger partial charge in [0, 0.05) is 16.7 Å². The molecule has 5 aromatic carbocycles. The fourth-order valence-electron chi connectivity index (χ4n) is 4.86. The number of hydrogen-bond acceptors (Lipinski definition) is 5. The van der Waals surface area contributed by atoms with Crippen molar-refractivity contribution in [2.45, 2.75) is 13.1 Å². The van der Waals surface area contributed by atoms with E-state index in [9.17, 15) is 0 Å². The maximum Gasteiger partial charge on any atom is 0.159 e. The molecule has 1 aliphatic rings. The second-order valence-corrected chi connectivity index (χ2v) is 9.24. The van der Waals surface area contributed by atoms with E-state index in [-0.39, 0.29) is 6.17 Å². The van der Waals surface area contributed by atoms with Gasteiger partial charge in [-0.25, -0.2) is 9.98 Å². The van der Waals surface area contributed by atoms with Gasteiger partial charge in [0.15, 0.2) is 5.84 Å². The van der Waals surface area contributed by atoms with E-state index < -0.39 is 0 Å². The first-order chi connectivity index (χ1) is 18.7. The van der Waals surface area contributed by atoms with E-state index in [4.69, 9.17) is 15.8 Å². The third-order valence-electron chi connectivity index (χ3n) is 6.85. The van der Waals surface area contributed by atoms with Crippen molar-refractivity contribution in [1.29, 1.82) is 0 Å². The lowest BCUT2D eigenvalue weighted by Gasteiger charge is -2.24. The fraction of sp³-hybridized carbons (Fsp3) is 0.0606. The molecule has 0 amide bonds. The summed E-state index contributed by atoms with van der Waals surface area (Å²) in [6.07, 6.45) is -0.272. The van der Waals surface area contributed by atoms with E-state index >= 15 is 0 Å². The van der Waals surface area contributed by atoms with Crippen molar-refractivity contribution in [3.05, 3.63) is 144 Å². The molecule has 38 heavy (non-hydrogen) atoms. The molecule has 0 spiro atoms.